The van der Waals surface area contributed by atoms with Crippen molar-refractivity contribution in [3.05, 3.63) is 34.4 Å². The van der Waals surface area contributed by atoms with Gasteiger partial charge in [-0.2, -0.15) is 0 Å². The van der Waals surface area contributed by atoms with Crippen LogP contribution in [0.15, 0.2) is 11.6 Å². The summed E-state index contributed by atoms with van der Waals surface area (Å²) in [6.45, 7) is 5.42. The molecule has 7 nitrogen and oxygen atoms in total. The number of aromatic nitrogens is 2. The largest absolute Gasteiger partial charge is 0.456 e. The number of hydrogen-bond acceptors (Lipinski definition) is 7. The quantitative estimate of drug-likeness (QED) is 0.666. The minimum Gasteiger partial charge on any atom is -0.456 e. The lowest BCUT2D eigenvalue weighted by Gasteiger charge is -2.26. The zero-order valence-electron chi connectivity index (χ0n) is 12.8. The van der Waals surface area contributed by atoms with Crippen molar-refractivity contribution in [2.24, 2.45) is 0 Å². The van der Waals surface area contributed by atoms with Gasteiger partial charge in [0.2, 0.25) is 0 Å². The van der Waals surface area contributed by atoms with E-state index in [0.717, 1.165) is 11.4 Å². The van der Waals surface area contributed by atoms with Crippen molar-refractivity contribution in [3.63, 3.8) is 0 Å². The van der Waals surface area contributed by atoms with Crippen LogP contribution in [0.3, 0.4) is 0 Å². The van der Waals surface area contributed by atoms with E-state index in [4.69, 9.17) is 4.74 Å². The first-order valence-corrected chi connectivity index (χ1v) is 7.02. The van der Waals surface area contributed by atoms with E-state index in [1.54, 1.807) is 6.92 Å². The number of esters is 1. The van der Waals surface area contributed by atoms with E-state index in [0.29, 0.717) is 11.4 Å². The van der Waals surface area contributed by atoms with Crippen LogP contribution in [-0.2, 0) is 16.1 Å². The van der Waals surface area contributed by atoms with E-state index in [1.807, 2.05) is 13.8 Å². The Morgan fingerprint density at radius 3 is 2.45 bits per heavy atom. The second-order valence-corrected chi connectivity index (χ2v) is 5.45. The lowest BCUT2D eigenvalue weighted by molar-refractivity contribution is -0.142. The Morgan fingerprint density at radius 1 is 1.18 bits per heavy atom. The van der Waals surface area contributed by atoms with Gasteiger partial charge in [-0.15, -0.1) is 0 Å². The highest BCUT2D eigenvalue weighted by molar-refractivity contribution is 5.88. The molecule has 22 heavy (non-hydrogen) atoms. The van der Waals surface area contributed by atoms with E-state index < -0.39 is 24.3 Å². The van der Waals surface area contributed by atoms with Gasteiger partial charge in [0.05, 0.1) is 28.9 Å². The van der Waals surface area contributed by atoms with Crippen LogP contribution in [0, 0.1) is 20.8 Å². The molecule has 0 radical (unpaired) electrons. The van der Waals surface area contributed by atoms with Crippen LogP contribution in [0.5, 0.6) is 0 Å². The molecule has 2 rings (SSSR count). The molecular formula is C15H20N2O5. The monoisotopic (exact) mass is 308 g/mol. The minimum atomic E-state index is -1.29. The molecule has 0 aromatic carbocycles. The van der Waals surface area contributed by atoms with Gasteiger partial charge < -0.3 is 20.1 Å². The van der Waals surface area contributed by atoms with Crippen LogP contribution in [0.4, 0.5) is 0 Å². The normalized spacial score (nSPS) is 24.8. The highest BCUT2D eigenvalue weighted by atomic mass is 16.5. The van der Waals surface area contributed by atoms with Gasteiger partial charge in [0.15, 0.2) is 0 Å². The van der Waals surface area contributed by atoms with Crippen LogP contribution < -0.4 is 0 Å². The molecule has 0 bridgehead atoms. The maximum absolute atomic E-state index is 12.0. The number of nitrogens with zero attached hydrogens (tertiary/aromatic N) is 2. The fraction of sp³-hybridized carbons (Fsp3) is 0.533. The van der Waals surface area contributed by atoms with Crippen LogP contribution in [0.1, 0.15) is 29.2 Å². The molecule has 0 saturated heterocycles. The van der Waals surface area contributed by atoms with E-state index in [1.165, 1.54) is 6.08 Å². The Morgan fingerprint density at radius 2 is 1.82 bits per heavy atom. The number of aryl methyl sites for hydroxylation is 3. The first-order chi connectivity index (χ1) is 10.3. The van der Waals surface area contributed by atoms with Crippen molar-refractivity contribution in [2.45, 2.75) is 52.1 Å². The van der Waals surface area contributed by atoms with Gasteiger partial charge in [-0.25, -0.2) is 4.79 Å². The van der Waals surface area contributed by atoms with Gasteiger partial charge in [0.1, 0.15) is 18.8 Å². The van der Waals surface area contributed by atoms with E-state index in [2.05, 4.69) is 9.97 Å². The van der Waals surface area contributed by atoms with Crippen LogP contribution in [0.25, 0.3) is 0 Å². The number of hydrogen-bond donors (Lipinski definition) is 3. The maximum Gasteiger partial charge on any atom is 0.334 e. The first-order valence-electron chi connectivity index (χ1n) is 7.02. The number of aliphatic hydroxyl groups is 3. The van der Waals surface area contributed by atoms with E-state index >= 15 is 0 Å². The van der Waals surface area contributed by atoms with Crippen molar-refractivity contribution >= 4 is 5.97 Å². The molecule has 1 aromatic rings. The standard InChI is InChI=1S/C15H20N2O5/c1-7-8(2)17-11(9(3)16-7)6-22-15(21)10-4-12(18)14(20)13(19)5-10/h4,12-14,18-20H,5-6H2,1-3H3/t12-,13-,14-/m1/s1. The third-order valence-corrected chi connectivity index (χ3v) is 3.73. The van der Waals surface area contributed by atoms with Gasteiger partial charge >= 0.3 is 5.97 Å². The Bertz CT molecular complexity index is 614. The summed E-state index contributed by atoms with van der Waals surface area (Å²) in [5, 5.41) is 28.6. The lowest BCUT2D eigenvalue weighted by atomic mass is 9.92. The Balaban J connectivity index is 2.05. The molecule has 0 aliphatic heterocycles. The minimum absolute atomic E-state index is 0.0368. The summed E-state index contributed by atoms with van der Waals surface area (Å²) >= 11 is 0. The molecule has 3 atom stereocenters. The van der Waals surface area contributed by atoms with Crippen molar-refractivity contribution in [3.8, 4) is 0 Å². The smallest absolute Gasteiger partial charge is 0.334 e. The Labute approximate surface area is 128 Å². The van der Waals surface area contributed by atoms with Gasteiger partial charge in [-0.3, -0.25) is 9.97 Å². The summed E-state index contributed by atoms with van der Waals surface area (Å²) in [4.78, 5) is 20.6. The van der Waals surface area contributed by atoms with Crippen molar-refractivity contribution in [1.29, 1.82) is 0 Å². The summed E-state index contributed by atoms with van der Waals surface area (Å²) in [6.07, 6.45) is -2.61. The zero-order valence-corrected chi connectivity index (χ0v) is 12.8. The molecule has 7 heteroatoms. The number of ether oxygens (including phenoxy) is 1. The highest BCUT2D eigenvalue weighted by Crippen LogP contribution is 2.21. The fourth-order valence-electron chi connectivity index (χ4n) is 2.22. The SMILES string of the molecule is Cc1nc(C)c(COC(=O)C2=C[C@@H](O)[C@@H](O)[C@H](O)C2)nc1C. The van der Waals surface area contributed by atoms with Crippen molar-refractivity contribution in [2.75, 3.05) is 0 Å². The zero-order chi connectivity index (χ0) is 16.4. The van der Waals surface area contributed by atoms with Crippen LogP contribution in [-0.4, -0.2) is 49.6 Å². The third-order valence-electron chi connectivity index (χ3n) is 3.73. The molecule has 1 aliphatic rings. The number of carbonyl (C=O) groups excluding carboxylic acids is 1. The number of rotatable bonds is 3. The fourth-order valence-corrected chi connectivity index (χ4v) is 2.22. The third kappa shape index (κ3) is 3.49. The first kappa shape index (κ1) is 16.5. The molecule has 120 valence electrons. The molecule has 1 aromatic heterocycles. The summed E-state index contributed by atoms with van der Waals surface area (Å²) in [5.74, 6) is -0.649. The number of aliphatic hydroxyl groups excluding tert-OH is 3. The Hall–Kier alpha value is -1.83. The van der Waals surface area contributed by atoms with Gasteiger partial charge in [0, 0.05) is 12.0 Å². The predicted octanol–water partition coefficient (Wildman–Crippen LogP) is -0.142. The lowest BCUT2D eigenvalue weighted by Crippen LogP contribution is -2.41. The highest BCUT2D eigenvalue weighted by Gasteiger charge is 2.32. The average molecular weight is 308 g/mol. The second kappa shape index (κ2) is 6.51. The molecule has 3 N–H and O–H groups in total. The average Bonchev–Trinajstić information content (AvgIpc) is 2.46. The topological polar surface area (TPSA) is 113 Å². The van der Waals surface area contributed by atoms with Gasteiger partial charge in [0.25, 0.3) is 0 Å². The summed E-state index contributed by atoms with van der Waals surface area (Å²) in [6, 6.07) is 0. The van der Waals surface area contributed by atoms with Gasteiger partial charge in [-0.1, -0.05) is 0 Å². The molecule has 0 spiro atoms. The van der Waals surface area contributed by atoms with Crippen LogP contribution >= 0.6 is 0 Å². The Kier molecular flexibility index (Phi) is 4.90. The molecule has 0 amide bonds. The summed E-state index contributed by atoms with van der Waals surface area (Å²) in [5.41, 5.74) is 2.98. The van der Waals surface area contributed by atoms with Crippen LogP contribution in [0.2, 0.25) is 0 Å². The van der Waals surface area contributed by atoms with E-state index in [-0.39, 0.29) is 18.6 Å². The van der Waals surface area contributed by atoms with Gasteiger partial charge in [-0.05, 0) is 26.8 Å². The van der Waals surface area contributed by atoms with Crippen molar-refractivity contribution in [1.82, 2.24) is 9.97 Å². The molecule has 0 saturated carbocycles. The summed E-state index contributed by atoms with van der Waals surface area (Å²) < 4.78 is 5.16. The van der Waals surface area contributed by atoms with Crippen molar-refractivity contribution < 1.29 is 24.9 Å². The van der Waals surface area contributed by atoms with E-state index in [9.17, 15) is 20.1 Å². The molecule has 0 fully saturated rings. The number of carbonyl (C=O) groups is 1. The maximum atomic E-state index is 12.0. The predicted molar refractivity (Wildman–Crippen MR) is 76.8 cm³/mol. The molecule has 1 aliphatic carbocycles. The molecular weight excluding hydrogens is 288 g/mol. The molecule has 1 heterocycles. The molecule has 0 unspecified atom stereocenters. The second-order valence-electron chi connectivity index (χ2n) is 5.45. The summed E-state index contributed by atoms with van der Waals surface area (Å²) in [7, 11) is 0.